The second-order valence-corrected chi connectivity index (χ2v) is 13.9. The molecule has 0 heterocycles. The molecule has 0 atom stereocenters. The molecule has 0 N–H and O–H groups in total. The quantitative estimate of drug-likeness (QED) is 0.0593. The molecule has 0 amide bonds. The van der Waals surface area contributed by atoms with Crippen LogP contribution in [0.1, 0.15) is 158 Å². The minimum atomic E-state index is 1.10. The molecule has 3 aromatic carbocycles. The summed E-state index contributed by atoms with van der Waals surface area (Å²) in [4.78, 5) is 0. The Kier molecular flexibility index (Phi) is 17.8. The normalized spacial score (nSPS) is 12.2. The molecule has 256 valence electrons. The summed E-state index contributed by atoms with van der Waals surface area (Å²) in [5.41, 5.74) is 13.7. The maximum absolute atomic E-state index is 5.19. The molecule has 0 saturated carbocycles. The molecule has 3 rings (SSSR count). The highest BCUT2D eigenvalue weighted by atomic mass is 15.2. The average molecular weight is 636 g/mol. The molecule has 2 heteroatoms. The molecule has 0 radical (unpaired) electrons. The third-order valence-corrected chi connectivity index (χ3v) is 9.83. The van der Waals surface area contributed by atoms with Gasteiger partial charge in [0.1, 0.15) is 5.69 Å². The van der Waals surface area contributed by atoms with E-state index in [4.69, 9.17) is 5.11 Å². The van der Waals surface area contributed by atoms with E-state index in [0.717, 1.165) is 30.6 Å². The van der Waals surface area contributed by atoms with Gasteiger partial charge in [-0.25, -0.2) is 0 Å². The summed E-state index contributed by atoms with van der Waals surface area (Å²) in [5, 5.41) is 5.19. The highest BCUT2D eigenvalue weighted by Gasteiger charge is 2.14. The summed E-state index contributed by atoms with van der Waals surface area (Å²) >= 11 is 0. The molecule has 3 aromatic rings. The van der Waals surface area contributed by atoms with Crippen molar-refractivity contribution in [2.75, 3.05) is 7.05 Å². The fourth-order valence-corrected chi connectivity index (χ4v) is 7.07. The number of nitrogens with zero attached hydrogens (tertiary/aromatic N) is 2. The maximum atomic E-state index is 5.19. The zero-order valence-corrected chi connectivity index (χ0v) is 31.4. The fraction of sp³-hybridized carbons (Fsp3) is 0.556. The number of aryl methyl sites for hydroxylation is 4. The fourth-order valence-electron chi connectivity index (χ4n) is 7.07. The van der Waals surface area contributed by atoms with Gasteiger partial charge in [0, 0.05) is 13.0 Å². The molecule has 2 nitrogen and oxygen atoms in total. The number of unbranched alkanes of at least 4 members (excludes halogenated alkanes) is 11. The second kappa shape index (κ2) is 21.8. The molecule has 0 aromatic heterocycles. The van der Waals surface area contributed by atoms with E-state index in [1.165, 1.54) is 135 Å². The first-order chi connectivity index (χ1) is 22.9. The summed E-state index contributed by atoms with van der Waals surface area (Å²) in [6, 6.07) is 20.5. The van der Waals surface area contributed by atoms with Crippen LogP contribution in [-0.4, -0.2) is 11.7 Å². The van der Waals surface area contributed by atoms with Crippen LogP contribution in [0.2, 0.25) is 0 Å². The summed E-state index contributed by atoms with van der Waals surface area (Å²) in [7, 11) is 2.11. The Balaban J connectivity index is 1.89. The smallest absolute Gasteiger partial charge is 0.0909 e. The van der Waals surface area contributed by atoms with Crippen molar-refractivity contribution in [1.29, 1.82) is 0 Å². The van der Waals surface area contributed by atoms with Crippen LogP contribution in [-0.2, 0) is 25.7 Å². The largest absolute Gasteiger partial charge is 0.205 e. The molecule has 0 fully saturated rings. The lowest BCUT2D eigenvalue weighted by Gasteiger charge is -2.15. The van der Waals surface area contributed by atoms with E-state index in [2.05, 4.69) is 114 Å². The summed E-state index contributed by atoms with van der Waals surface area (Å²) in [6.07, 6.45) is 25.3. The molecular formula is C45H67N2+. The van der Waals surface area contributed by atoms with Gasteiger partial charge in [-0.2, -0.15) is 0 Å². The number of hydrogen-bond donors (Lipinski definition) is 0. The Morgan fingerprint density at radius 2 is 1.17 bits per heavy atom. The van der Waals surface area contributed by atoms with Gasteiger partial charge in [0.15, 0.2) is 7.05 Å². The van der Waals surface area contributed by atoms with E-state index in [1.54, 1.807) is 5.56 Å². The predicted molar refractivity (Wildman–Crippen MR) is 207 cm³/mol. The Bertz CT molecular complexity index is 1400. The number of hydrogen-bond acceptors (Lipinski definition) is 1. The molecule has 0 saturated heterocycles. The van der Waals surface area contributed by atoms with Crippen LogP contribution in [0.15, 0.2) is 65.4 Å². The summed E-state index contributed by atoms with van der Waals surface area (Å²) in [6.45, 7) is 13.7. The van der Waals surface area contributed by atoms with Gasteiger partial charge in [0.05, 0.1) is 0 Å². The minimum Gasteiger partial charge on any atom is -0.0909 e. The van der Waals surface area contributed by atoms with Crippen LogP contribution in [0.25, 0.3) is 17.2 Å². The van der Waals surface area contributed by atoms with Gasteiger partial charge >= 0.3 is 0 Å². The number of azo groups is 2. The van der Waals surface area contributed by atoms with Crippen molar-refractivity contribution in [3.05, 3.63) is 93.7 Å². The topological polar surface area (TPSA) is 15.4 Å². The highest BCUT2D eigenvalue weighted by Crippen LogP contribution is 2.32. The number of benzene rings is 3. The predicted octanol–water partition coefficient (Wildman–Crippen LogP) is 14.2. The Morgan fingerprint density at radius 3 is 1.74 bits per heavy atom. The van der Waals surface area contributed by atoms with Crippen molar-refractivity contribution in [2.24, 2.45) is 5.11 Å². The van der Waals surface area contributed by atoms with Gasteiger partial charge in [-0.1, -0.05) is 145 Å². The molecule has 0 aliphatic rings. The molecule has 0 aliphatic heterocycles. The van der Waals surface area contributed by atoms with E-state index in [-0.39, 0.29) is 0 Å². The van der Waals surface area contributed by atoms with Crippen LogP contribution < -0.4 is 0 Å². The lowest BCUT2D eigenvalue weighted by Crippen LogP contribution is -2.03. The monoisotopic (exact) mass is 636 g/mol. The summed E-state index contributed by atoms with van der Waals surface area (Å²) in [5.74, 6) is 0. The highest BCUT2D eigenvalue weighted by molar-refractivity contribution is 5.73. The minimum absolute atomic E-state index is 1.10. The van der Waals surface area contributed by atoms with Gasteiger partial charge < -0.3 is 0 Å². The Labute approximate surface area is 289 Å². The zero-order chi connectivity index (χ0) is 33.9. The molecule has 47 heavy (non-hydrogen) atoms. The maximum Gasteiger partial charge on any atom is 0.205 e. The molecule has 0 spiro atoms. The lowest BCUT2D eigenvalue weighted by atomic mass is 9.90. The first-order valence-corrected chi connectivity index (χ1v) is 19.4. The van der Waals surface area contributed by atoms with Gasteiger partial charge in [-0.3, -0.25) is 0 Å². The third kappa shape index (κ3) is 12.9. The van der Waals surface area contributed by atoms with Crippen molar-refractivity contribution >= 4 is 11.8 Å². The van der Waals surface area contributed by atoms with E-state index < -0.39 is 0 Å². The van der Waals surface area contributed by atoms with E-state index in [0.29, 0.717) is 0 Å². The standard InChI is InChI=1S/C45H67N2/c1-8-12-15-17-19-22-29-41-35-43(34-40(26-14-10-3)44(41)11-4)46-47(7)37(6)32-38-31-36(5)45(39-27-24-21-25-28-39)42(33-38)30-23-20-18-16-13-9-2/h21,24-25,27-28,31-35H,8-20,22-23,26,29-30H2,1-7H3/q+1. The van der Waals surface area contributed by atoms with E-state index >= 15 is 0 Å². The van der Waals surface area contributed by atoms with E-state index in [1.807, 2.05) is 0 Å². The zero-order valence-electron chi connectivity index (χ0n) is 31.4. The van der Waals surface area contributed by atoms with E-state index in [9.17, 15) is 0 Å². The van der Waals surface area contributed by atoms with Crippen molar-refractivity contribution < 1.29 is 4.70 Å². The first-order valence-electron chi connectivity index (χ1n) is 19.4. The van der Waals surface area contributed by atoms with Crippen LogP contribution in [0.5, 0.6) is 0 Å². The van der Waals surface area contributed by atoms with Crippen LogP contribution in [0.4, 0.5) is 5.69 Å². The molecule has 0 unspecified atom stereocenters. The molecule has 0 aliphatic carbocycles. The van der Waals surface area contributed by atoms with Crippen molar-refractivity contribution in [2.45, 2.75) is 157 Å². The average Bonchev–Trinajstić information content (AvgIpc) is 3.07. The van der Waals surface area contributed by atoms with Crippen LogP contribution in [0, 0.1) is 6.92 Å². The van der Waals surface area contributed by atoms with Crippen LogP contribution in [0.3, 0.4) is 0 Å². The Hall–Kier alpha value is -3.00. The lowest BCUT2D eigenvalue weighted by molar-refractivity contribution is -0.510. The Morgan fingerprint density at radius 1 is 0.638 bits per heavy atom. The van der Waals surface area contributed by atoms with Crippen molar-refractivity contribution in [1.82, 2.24) is 0 Å². The molecule has 0 bridgehead atoms. The number of rotatable bonds is 22. The molecular weight excluding hydrogens is 569 g/mol. The van der Waals surface area contributed by atoms with Gasteiger partial charge in [0.25, 0.3) is 0 Å². The van der Waals surface area contributed by atoms with Gasteiger partial charge in [-0.15, -0.1) is 0 Å². The summed E-state index contributed by atoms with van der Waals surface area (Å²) < 4.78 is 2.09. The second-order valence-electron chi connectivity index (χ2n) is 13.9. The van der Waals surface area contributed by atoms with Crippen molar-refractivity contribution in [3.8, 4) is 11.1 Å². The van der Waals surface area contributed by atoms with Crippen LogP contribution >= 0.6 is 0 Å². The van der Waals surface area contributed by atoms with Crippen molar-refractivity contribution in [3.63, 3.8) is 0 Å². The SMILES string of the molecule is CCCCCCCCc1cc(N=[N+](C)C(C)=Cc2cc(C)c(-c3ccccc3)c(CCCCCCCC)c2)cc(CCCC)c1CC. The number of allylic oxidation sites excluding steroid dienone is 1. The van der Waals surface area contributed by atoms with Gasteiger partial charge in [-0.05, 0) is 114 Å². The third-order valence-electron chi connectivity index (χ3n) is 9.83. The van der Waals surface area contributed by atoms with Gasteiger partial charge in [0.2, 0.25) is 5.70 Å². The first kappa shape index (κ1) is 38.4.